The van der Waals surface area contributed by atoms with Gasteiger partial charge in [-0.2, -0.15) is 0 Å². The van der Waals surface area contributed by atoms with Gasteiger partial charge in [0.05, 0.1) is 6.04 Å². The van der Waals surface area contributed by atoms with Gasteiger partial charge in [0.25, 0.3) is 0 Å². The molecular weight excluding hydrogens is 210 g/mol. The first-order valence-corrected chi connectivity index (χ1v) is 6.49. The SMILES string of the molecule is CCCCCC(=O)NC(C)c1ccc(C)cc1. The highest BCUT2D eigenvalue weighted by Gasteiger charge is 2.08. The Kier molecular flexibility index (Phi) is 5.75. The number of unbranched alkanes of at least 4 members (excludes halogenated alkanes) is 2. The minimum atomic E-state index is 0.102. The second-order valence-corrected chi connectivity index (χ2v) is 4.66. The lowest BCUT2D eigenvalue weighted by Gasteiger charge is -2.14. The van der Waals surface area contributed by atoms with E-state index in [9.17, 15) is 4.79 Å². The average molecular weight is 233 g/mol. The maximum atomic E-state index is 11.7. The number of carbonyl (C=O) groups excluding carboxylic acids is 1. The Balaban J connectivity index is 2.40. The van der Waals surface area contributed by atoms with E-state index in [2.05, 4.69) is 43.4 Å². The molecular formula is C15H23NO. The van der Waals surface area contributed by atoms with Crippen LogP contribution in [-0.4, -0.2) is 5.91 Å². The van der Waals surface area contributed by atoms with Crippen LogP contribution in [0, 0.1) is 6.92 Å². The second kappa shape index (κ2) is 7.10. The summed E-state index contributed by atoms with van der Waals surface area (Å²) in [5.41, 5.74) is 2.41. The zero-order valence-corrected chi connectivity index (χ0v) is 11.1. The maximum Gasteiger partial charge on any atom is 0.220 e. The van der Waals surface area contributed by atoms with E-state index < -0.39 is 0 Å². The fourth-order valence-corrected chi connectivity index (χ4v) is 1.79. The number of hydrogen-bond acceptors (Lipinski definition) is 1. The molecule has 2 nitrogen and oxygen atoms in total. The number of nitrogens with one attached hydrogen (secondary N) is 1. The smallest absolute Gasteiger partial charge is 0.220 e. The third kappa shape index (κ3) is 5.03. The molecule has 0 saturated heterocycles. The molecule has 0 aromatic heterocycles. The number of hydrogen-bond donors (Lipinski definition) is 1. The quantitative estimate of drug-likeness (QED) is 0.745. The highest BCUT2D eigenvalue weighted by atomic mass is 16.1. The molecule has 0 bridgehead atoms. The largest absolute Gasteiger partial charge is 0.350 e. The van der Waals surface area contributed by atoms with Crippen molar-refractivity contribution in [2.75, 3.05) is 0 Å². The van der Waals surface area contributed by atoms with Gasteiger partial charge in [0.15, 0.2) is 0 Å². The summed E-state index contributed by atoms with van der Waals surface area (Å²) in [5, 5.41) is 3.04. The molecule has 1 unspecified atom stereocenters. The molecule has 1 amide bonds. The van der Waals surface area contributed by atoms with Gasteiger partial charge in [0.2, 0.25) is 5.91 Å². The van der Waals surface area contributed by atoms with E-state index in [0.717, 1.165) is 19.3 Å². The molecule has 1 rings (SSSR count). The Morgan fingerprint density at radius 1 is 1.24 bits per heavy atom. The first-order valence-electron chi connectivity index (χ1n) is 6.49. The van der Waals surface area contributed by atoms with Crippen LogP contribution in [0.2, 0.25) is 0 Å². The van der Waals surface area contributed by atoms with Crippen molar-refractivity contribution in [1.82, 2.24) is 5.32 Å². The number of aryl methyl sites for hydroxylation is 1. The van der Waals surface area contributed by atoms with Crippen molar-refractivity contribution >= 4 is 5.91 Å². The molecule has 0 spiro atoms. The Morgan fingerprint density at radius 2 is 1.88 bits per heavy atom. The molecule has 0 heterocycles. The summed E-state index contributed by atoms with van der Waals surface area (Å²) in [5.74, 6) is 0.159. The topological polar surface area (TPSA) is 29.1 Å². The molecule has 1 N–H and O–H groups in total. The molecule has 2 heteroatoms. The highest BCUT2D eigenvalue weighted by Crippen LogP contribution is 2.13. The van der Waals surface area contributed by atoms with Crippen LogP contribution in [0.25, 0.3) is 0 Å². The maximum absolute atomic E-state index is 11.7. The van der Waals surface area contributed by atoms with Gasteiger partial charge in [-0.1, -0.05) is 49.6 Å². The van der Waals surface area contributed by atoms with Gasteiger partial charge in [-0.3, -0.25) is 4.79 Å². The molecule has 0 radical (unpaired) electrons. The van der Waals surface area contributed by atoms with Crippen molar-refractivity contribution in [3.05, 3.63) is 35.4 Å². The van der Waals surface area contributed by atoms with Gasteiger partial charge in [0, 0.05) is 6.42 Å². The summed E-state index contributed by atoms with van der Waals surface area (Å²) in [6.45, 7) is 6.24. The summed E-state index contributed by atoms with van der Waals surface area (Å²) in [4.78, 5) is 11.7. The van der Waals surface area contributed by atoms with Crippen molar-refractivity contribution in [3.63, 3.8) is 0 Å². The lowest BCUT2D eigenvalue weighted by atomic mass is 10.1. The van der Waals surface area contributed by atoms with Crippen LogP contribution < -0.4 is 5.32 Å². The van der Waals surface area contributed by atoms with Crippen LogP contribution in [0.1, 0.15) is 56.7 Å². The first-order chi connectivity index (χ1) is 8.13. The van der Waals surface area contributed by atoms with Crippen molar-refractivity contribution in [3.8, 4) is 0 Å². The van der Waals surface area contributed by atoms with Gasteiger partial charge >= 0.3 is 0 Å². The van der Waals surface area contributed by atoms with Crippen LogP contribution in [0.15, 0.2) is 24.3 Å². The minimum Gasteiger partial charge on any atom is -0.350 e. The molecule has 1 atom stereocenters. The summed E-state index contributed by atoms with van der Waals surface area (Å²) in [6, 6.07) is 8.41. The Labute approximate surface area is 104 Å². The molecule has 0 aliphatic heterocycles. The van der Waals surface area contributed by atoms with Crippen LogP contribution in [0.4, 0.5) is 0 Å². The van der Waals surface area contributed by atoms with Crippen LogP contribution in [0.5, 0.6) is 0 Å². The van der Waals surface area contributed by atoms with Crippen molar-refractivity contribution in [1.29, 1.82) is 0 Å². The zero-order valence-electron chi connectivity index (χ0n) is 11.1. The molecule has 0 aliphatic rings. The molecule has 94 valence electrons. The predicted octanol–water partition coefficient (Wildman–Crippen LogP) is 3.75. The Bertz CT molecular complexity index is 342. The van der Waals surface area contributed by atoms with E-state index in [1.54, 1.807) is 0 Å². The van der Waals surface area contributed by atoms with Gasteiger partial charge in [0.1, 0.15) is 0 Å². The van der Waals surface area contributed by atoms with E-state index in [1.807, 2.05) is 6.92 Å². The fraction of sp³-hybridized carbons (Fsp3) is 0.533. The van der Waals surface area contributed by atoms with E-state index in [-0.39, 0.29) is 11.9 Å². The normalized spacial score (nSPS) is 12.2. The average Bonchev–Trinajstić information content (AvgIpc) is 2.30. The van der Waals surface area contributed by atoms with Crippen molar-refractivity contribution < 1.29 is 4.79 Å². The summed E-state index contributed by atoms with van der Waals surface area (Å²) in [6.07, 6.45) is 3.92. The van der Waals surface area contributed by atoms with Crippen LogP contribution >= 0.6 is 0 Å². The number of benzene rings is 1. The molecule has 17 heavy (non-hydrogen) atoms. The number of amides is 1. The van der Waals surface area contributed by atoms with Crippen LogP contribution in [0.3, 0.4) is 0 Å². The second-order valence-electron chi connectivity index (χ2n) is 4.66. The standard InChI is InChI=1S/C15H23NO/c1-4-5-6-7-15(17)16-13(3)14-10-8-12(2)9-11-14/h8-11,13H,4-7H2,1-3H3,(H,16,17). The predicted molar refractivity (Wildman–Crippen MR) is 71.9 cm³/mol. The third-order valence-electron chi connectivity index (χ3n) is 2.96. The van der Waals surface area contributed by atoms with Crippen molar-refractivity contribution in [2.45, 2.75) is 52.5 Å². The lowest BCUT2D eigenvalue weighted by Crippen LogP contribution is -2.26. The molecule has 1 aromatic carbocycles. The van der Waals surface area contributed by atoms with E-state index in [0.29, 0.717) is 6.42 Å². The van der Waals surface area contributed by atoms with Gasteiger partial charge in [-0.05, 0) is 25.8 Å². The summed E-state index contributed by atoms with van der Waals surface area (Å²) >= 11 is 0. The Morgan fingerprint density at radius 3 is 2.47 bits per heavy atom. The van der Waals surface area contributed by atoms with Crippen molar-refractivity contribution in [2.24, 2.45) is 0 Å². The van der Waals surface area contributed by atoms with E-state index in [4.69, 9.17) is 0 Å². The molecule has 1 aromatic rings. The molecule has 0 saturated carbocycles. The first kappa shape index (κ1) is 13.8. The minimum absolute atomic E-state index is 0.102. The number of rotatable bonds is 6. The van der Waals surface area contributed by atoms with Gasteiger partial charge < -0.3 is 5.32 Å². The fourth-order valence-electron chi connectivity index (χ4n) is 1.79. The van der Waals surface area contributed by atoms with Gasteiger partial charge in [-0.25, -0.2) is 0 Å². The highest BCUT2D eigenvalue weighted by molar-refractivity contribution is 5.76. The third-order valence-corrected chi connectivity index (χ3v) is 2.96. The number of carbonyl (C=O) groups is 1. The molecule has 0 fully saturated rings. The van der Waals surface area contributed by atoms with E-state index in [1.165, 1.54) is 11.1 Å². The Hall–Kier alpha value is -1.31. The monoisotopic (exact) mass is 233 g/mol. The van der Waals surface area contributed by atoms with E-state index >= 15 is 0 Å². The summed E-state index contributed by atoms with van der Waals surface area (Å²) < 4.78 is 0. The van der Waals surface area contributed by atoms with Crippen LogP contribution in [-0.2, 0) is 4.79 Å². The molecule has 0 aliphatic carbocycles. The summed E-state index contributed by atoms with van der Waals surface area (Å²) in [7, 11) is 0. The lowest BCUT2D eigenvalue weighted by molar-refractivity contribution is -0.121. The van der Waals surface area contributed by atoms with Gasteiger partial charge in [-0.15, -0.1) is 0 Å². The zero-order chi connectivity index (χ0) is 12.7.